The molecule has 0 radical (unpaired) electrons. The molecule has 4 heteroatoms. The summed E-state index contributed by atoms with van der Waals surface area (Å²) in [5.41, 5.74) is -0.513. The van der Waals surface area contributed by atoms with Crippen molar-refractivity contribution in [3.63, 3.8) is 0 Å². The van der Waals surface area contributed by atoms with Crippen LogP contribution in [0.25, 0.3) is 0 Å². The van der Waals surface area contributed by atoms with Crippen molar-refractivity contribution in [2.24, 2.45) is 0 Å². The molecule has 0 aliphatic heterocycles. The van der Waals surface area contributed by atoms with Gasteiger partial charge in [-0.15, -0.1) is 0 Å². The quantitative estimate of drug-likeness (QED) is 0.736. The summed E-state index contributed by atoms with van der Waals surface area (Å²) >= 11 is 0. The zero-order valence-electron chi connectivity index (χ0n) is 9.36. The molecule has 4 nitrogen and oxygen atoms in total. The third-order valence-electron chi connectivity index (χ3n) is 2.32. The highest BCUT2D eigenvalue weighted by molar-refractivity contribution is 5.97. The van der Waals surface area contributed by atoms with Gasteiger partial charge in [0.1, 0.15) is 5.54 Å². The first kappa shape index (κ1) is 12.4. The van der Waals surface area contributed by atoms with Crippen molar-refractivity contribution >= 4 is 11.8 Å². The Morgan fingerprint density at radius 2 is 1.81 bits per heavy atom. The van der Waals surface area contributed by atoms with Crippen molar-refractivity contribution in [2.45, 2.75) is 19.4 Å². The van der Waals surface area contributed by atoms with E-state index in [1.807, 2.05) is 6.07 Å². The van der Waals surface area contributed by atoms with Gasteiger partial charge in [-0.05, 0) is 13.8 Å². The number of carbonyl (C=O) groups excluding carboxylic acids is 1. The summed E-state index contributed by atoms with van der Waals surface area (Å²) in [7, 11) is 0. The van der Waals surface area contributed by atoms with Gasteiger partial charge in [-0.3, -0.25) is 14.9 Å². The molecule has 86 valence electrons. The highest BCUT2D eigenvalue weighted by Gasteiger charge is 2.26. The monoisotopic (exact) mass is 221 g/mol. The smallest absolute Gasteiger partial charge is 0.323 e. The van der Waals surface area contributed by atoms with E-state index in [4.69, 9.17) is 5.11 Å². The van der Waals surface area contributed by atoms with Crippen LogP contribution in [0.3, 0.4) is 0 Å². The van der Waals surface area contributed by atoms with Gasteiger partial charge in [-0.1, -0.05) is 30.3 Å². The van der Waals surface area contributed by atoms with Crippen LogP contribution < -0.4 is 5.32 Å². The fraction of sp³-hybridized carbons (Fsp3) is 0.333. The highest BCUT2D eigenvalue weighted by Crippen LogP contribution is 2.03. The van der Waals surface area contributed by atoms with Gasteiger partial charge in [0.2, 0.25) is 0 Å². The Morgan fingerprint density at radius 3 is 2.31 bits per heavy atom. The van der Waals surface area contributed by atoms with Gasteiger partial charge in [-0.2, -0.15) is 0 Å². The number of aliphatic carboxylic acids is 1. The van der Waals surface area contributed by atoms with Crippen LogP contribution in [-0.2, 0) is 4.79 Å². The fourth-order valence-corrected chi connectivity index (χ4v) is 1.10. The van der Waals surface area contributed by atoms with Crippen LogP contribution in [0.2, 0.25) is 0 Å². The lowest BCUT2D eigenvalue weighted by Crippen LogP contribution is -2.48. The first-order valence-electron chi connectivity index (χ1n) is 5.00. The lowest BCUT2D eigenvalue weighted by atomic mass is 10.1. The van der Waals surface area contributed by atoms with Crippen LogP contribution >= 0.6 is 0 Å². The first-order chi connectivity index (χ1) is 7.43. The van der Waals surface area contributed by atoms with Gasteiger partial charge >= 0.3 is 5.97 Å². The molecule has 1 aromatic carbocycles. The topological polar surface area (TPSA) is 66.4 Å². The van der Waals surface area contributed by atoms with E-state index in [0.29, 0.717) is 5.56 Å². The van der Waals surface area contributed by atoms with Gasteiger partial charge in [0.15, 0.2) is 5.78 Å². The molecule has 0 fully saturated rings. The normalized spacial score (nSPS) is 11.1. The molecule has 1 rings (SSSR count). The van der Waals surface area contributed by atoms with Crippen LogP contribution in [0.4, 0.5) is 0 Å². The molecule has 0 saturated carbocycles. The summed E-state index contributed by atoms with van der Waals surface area (Å²) in [6, 6.07) is 8.78. The molecular formula is C12H15NO3. The Hall–Kier alpha value is -1.68. The van der Waals surface area contributed by atoms with Crippen LogP contribution in [0, 0.1) is 0 Å². The van der Waals surface area contributed by atoms with E-state index in [0.717, 1.165) is 0 Å². The van der Waals surface area contributed by atoms with Gasteiger partial charge in [0.25, 0.3) is 0 Å². The van der Waals surface area contributed by atoms with Gasteiger partial charge in [0.05, 0.1) is 6.54 Å². The van der Waals surface area contributed by atoms with Crippen molar-refractivity contribution in [1.82, 2.24) is 5.32 Å². The number of rotatable bonds is 5. The predicted octanol–water partition coefficient (Wildman–Crippen LogP) is 1.32. The summed E-state index contributed by atoms with van der Waals surface area (Å²) in [6.45, 7) is 3.06. The van der Waals surface area contributed by atoms with Crippen LogP contribution in [0.1, 0.15) is 24.2 Å². The summed E-state index contributed by atoms with van der Waals surface area (Å²) < 4.78 is 0. The van der Waals surface area contributed by atoms with Gasteiger partial charge in [-0.25, -0.2) is 0 Å². The van der Waals surface area contributed by atoms with Gasteiger partial charge < -0.3 is 5.11 Å². The number of hydrogen-bond acceptors (Lipinski definition) is 3. The molecule has 0 unspecified atom stereocenters. The SMILES string of the molecule is CC(C)(NCC(=O)c1ccccc1)C(=O)O. The van der Waals surface area contributed by atoms with E-state index in [1.165, 1.54) is 13.8 Å². The standard InChI is InChI=1S/C12H15NO3/c1-12(2,11(15)16)13-8-10(14)9-6-4-3-5-7-9/h3-7,13H,8H2,1-2H3,(H,15,16). The number of ketones is 1. The van der Waals surface area contributed by atoms with Crippen molar-refractivity contribution < 1.29 is 14.7 Å². The molecule has 0 spiro atoms. The second kappa shape index (κ2) is 4.90. The van der Waals surface area contributed by atoms with Crippen molar-refractivity contribution in [1.29, 1.82) is 0 Å². The number of carboxylic acid groups (broad SMARTS) is 1. The Balaban J connectivity index is 2.58. The fourth-order valence-electron chi connectivity index (χ4n) is 1.10. The minimum Gasteiger partial charge on any atom is -0.480 e. The van der Waals surface area contributed by atoms with E-state index < -0.39 is 11.5 Å². The third-order valence-corrected chi connectivity index (χ3v) is 2.32. The molecule has 0 amide bonds. The minimum atomic E-state index is -1.09. The molecule has 2 N–H and O–H groups in total. The highest BCUT2D eigenvalue weighted by atomic mass is 16.4. The second-order valence-corrected chi connectivity index (χ2v) is 4.07. The molecule has 0 aliphatic carbocycles. The maximum absolute atomic E-state index is 11.7. The number of hydrogen-bond donors (Lipinski definition) is 2. The summed E-state index contributed by atoms with van der Waals surface area (Å²) in [6.07, 6.45) is 0. The molecule has 0 atom stereocenters. The molecule has 0 aliphatic rings. The summed E-state index contributed by atoms with van der Waals surface area (Å²) in [5, 5.41) is 11.6. The van der Waals surface area contributed by atoms with E-state index in [1.54, 1.807) is 24.3 Å². The molecule has 1 aromatic rings. The number of benzene rings is 1. The number of Topliss-reactive ketones (excluding diaryl/α,β-unsaturated/α-hetero) is 1. The van der Waals surface area contributed by atoms with E-state index in [9.17, 15) is 9.59 Å². The lowest BCUT2D eigenvalue weighted by molar-refractivity contribution is -0.143. The summed E-state index contributed by atoms with van der Waals surface area (Å²) in [5.74, 6) is -1.09. The van der Waals surface area contributed by atoms with Crippen LogP contribution in [0.15, 0.2) is 30.3 Å². The zero-order chi connectivity index (χ0) is 12.2. The van der Waals surface area contributed by atoms with Crippen LogP contribution in [-0.4, -0.2) is 28.9 Å². The van der Waals surface area contributed by atoms with E-state index in [2.05, 4.69) is 5.32 Å². The molecule has 0 bridgehead atoms. The maximum Gasteiger partial charge on any atom is 0.323 e. The maximum atomic E-state index is 11.7. The Bertz CT molecular complexity index is 385. The molecular weight excluding hydrogens is 206 g/mol. The lowest BCUT2D eigenvalue weighted by Gasteiger charge is -2.20. The zero-order valence-corrected chi connectivity index (χ0v) is 9.36. The minimum absolute atomic E-state index is 0.0172. The number of carbonyl (C=O) groups is 2. The molecule has 0 saturated heterocycles. The Labute approximate surface area is 94.3 Å². The average molecular weight is 221 g/mol. The van der Waals surface area contributed by atoms with E-state index >= 15 is 0 Å². The average Bonchev–Trinajstić information content (AvgIpc) is 2.27. The molecule has 16 heavy (non-hydrogen) atoms. The summed E-state index contributed by atoms with van der Waals surface area (Å²) in [4.78, 5) is 22.5. The Morgan fingerprint density at radius 1 is 1.25 bits per heavy atom. The first-order valence-corrected chi connectivity index (χ1v) is 5.00. The van der Waals surface area contributed by atoms with E-state index in [-0.39, 0.29) is 12.3 Å². The predicted molar refractivity (Wildman–Crippen MR) is 60.5 cm³/mol. The van der Waals surface area contributed by atoms with Crippen molar-refractivity contribution in [3.05, 3.63) is 35.9 Å². The number of carboxylic acids is 1. The molecule has 0 aromatic heterocycles. The third kappa shape index (κ3) is 3.17. The van der Waals surface area contributed by atoms with Crippen molar-refractivity contribution in [2.75, 3.05) is 6.54 Å². The van der Waals surface area contributed by atoms with Crippen LogP contribution in [0.5, 0.6) is 0 Å². The Kier molecular flexibility index (Phi) is 3.79. The second-order valence-electron chi connectivity index (χ2n) is 4.07. The van der Waals surface area contributed by atoms with Gasteiger partial charge in [0, 0.05) is 5.56 Å². The van der Waals surface area contributed by atoms with Crippen molar-refractivity contribution in [3.8, 4) is 0 Å². The molecule has 0 heterocycles. The number of nitrogens with one attached hydrogen (secondary N) is 1. The largest absolute Gasteiger partial charge is 0.480 e.